The van der Waals surface area contributed by atoms with Gasteiger partial charge in [0.05, 0.1) is 11.1 Å². The first-order chi connectivity index (χ1) is 8.58. The predicted molar refractivity (Wildman–Crippen MR) is 74.7 cm³/mol. The van der Waals surface area contributed by atoms with E-state index in [-0.39, 0.29) is 5.84 Å². The molecule has 0 saturated carbocycles. The van der Waals surface area contributed by atoms with Crippen LogP contribution in [0.15, 0.2) is 18.2 Å². The highest BCUT2D eigenvalue weighted by Crippen LogP contribution is 2.24. The number of likely N-dealkylation sites (N-methyl/N-ethyl adjacent to an activating group) is 1. The molecule has 1 fully saturated rings. The molecule has 1 heterocycles. The number of nitrogen functional groups attached to an aromatic ring is 1. The normalized spacial score (nSPS) is 18.9. The smallest absolute Gasteiger partial charge is 0.124 e. The summed E-state index contributed by atoms with van der Waals surface area (Å²) in [4.78, 5) is 2.12. The largest absolute Gasteiger partial charge is 0.384 e. The Hall–Kier alpha value is -1.26. The van der Waals surface area contributed by atoms with Crippen LogP contribution in [0.3, 0.4) is 0 Å². The van der Waals surface area contributed by atoms with Crippen LogP contribution < -0.4 is 10.6 Å². The highest BCUT2D eigenvalue weighted by atomic mass is 35.5. The van der Waals surface area contributed by atoms with Gasteiger partial charge in [0.25, 0.3) is 0 Å². The molecule has 0 radical (unpaired) electrons. The van der Waals surface area contributed by atoms with E-state index in [4.69, 9.17) is 27.5 Å². The van der Waals surface area contributed by atoms with Gasteiger partial charge in [-0.2, -0.15) is 0 Å². The number of rotatable bonds is 4. The fourth-order valence-corrected chi connectivity index (χ4v) is 2.44. The van der Waals surface area contributed by atoms with Crippen molar-refractivity contribution in [1.29, 1.82) is 5.41 Å². The lowest BCUT2D eigenvalue weighted by Gasteiger charge is -2.23. The highest BCUT2D eigenvalue weighted by Gasteiger charge is 2.18. The highest BCUT2D eigenvalue weighted by molar-refractivity contribution is 6.34. The number of nitrogens with one attached hydrogen (secondary N) is 1. The van der Waals surface area contributed by atoms with Crippen molar-refractivity contribution in [1.82, 2.24) is 0 Å². The number of anilines is 1. The number of hydrogen-bond donors (Lipinski definition) is 2. The number of amidine groups is 1. The number of hydrogen-bond acceptors (Lipinski definition) is 3. The number of nitrogens with two attached hydrogens (primary N) is 1. The minimum atomic E-state index is -0.00618. The molecule has 0 aliphatic carbocycles. The molecule has 18 heavy (non-hydrogen) atoms. The van der Waals surface area contributed by atoms with E-state index in [9.17, 15) is 0 Å². The van der Waals surface area contributed by atoms with E-state index >= 15 is 0 Å². The molecule has 3 N–H and O–H groups in total. The van der Waals surface area contributed by atoms with Crippen LogP contribution in [0.5, 0.6) is 0 Å². The van der Waals surface area contributed by atoms with E-state index in [2.05, 4.69) is 4.90 Å². The number of benzene rings is 1. The van der Waals surface area contributed by atoms with Gasteiger partial charge < -0.3 is 15.4 Å². The zero-order valence-electron chi connectivity index (χ0n) is 10.4. The molecule has 1 aromatic carbocycles. The fourth-order valence-electron chi connectivity index (χ4n) is 2.16. The van der Waals surface area contributed by atoms with Crippen molar-refractivity contribution < 1.29 is 4.74 Å². The van der Waals surface area contributed by atoms with E-state index < -0.39 is 0 Å². The molecular formula is C13H18ClN3O. The molecule has 0 amide bonds. The standard InChI is InChI=1S/C13H18ClN3O/c1-17(8-10-3-2-6-18-10)9-4-5-11(13(15)16)12(14)7-9/h4-5,7,10H,2-3,6,8H2,1H3,(H3,15,16). The molecule has 1 saturated heterocycles. The molecule has 0 aromatic heterocycles. The second-order valence-corrected chi connectivity index (χ2v) is 5.00. The summed E-state index contributed by atoms with van der Waals surface area (Å²) >= 11 is 6.11. The maximum Gasteiger partial charge on any atom is 0.124 e. The van der Waals surface area contributed by atoms with Crippen molar-refractivity contribution in [2.24, 2.45) is 5.73 Å². The molecular weight excluding hydrogens is 250 g/mol. The first-order valence-corrected chi connectivity index (χ1v) is 6.42. The quantitative estimate of drug-likeness (QED) is 0.650. The third-order valence-corrected chi connectivity index (χ3v) is 3.50. The van der Waals surface area contributed by atoms with Gasteiger partial charge in [-0.15, -0.1) is 0 Å². The molecule has 1 aromatic rings. The van der Waals surface area contributed by atoms with Crippen molar-refractivity contribution in [2.75, 3.05) is 25.1 Å². The number of nitrogens with zero attached hydrogens (tertiary/aromatic N) is 1. The number of ether oxygens (including phenoxy) is 1. The third kappa shape index (κ3) is 2.94. The van der Waals surface area contributed by atoms with Crippen molar-refractivity contribution in [3.8, 4) is 0 Å². The van der Waals surface area contributed by atoms with Gasteiger partial charge in [0, 0.05) is 31.5 Å². The van der Waals surface area contributed by atoms with Crippen molar-refractivity contribution in [3.63, 3.8) is 0 Å². The first-order valence-electron chi connectivity index (χ1n) is 6.04. The summed E-state index contributed by atoms with van der Waals surface area (Å²) in [5, 5.41) is 7.91. The van der Waals surface area contributed by atoms with Crippen LogP contribution in [0, 0.1) is 5.41 Å². The van der Waals surface area contributed by atoms with E-state index in [0.717, 1.165) is 31.7 Å². The lowest BCUT2D eigenvalue weighted by Crippen LogP contribution is -2.28. The topological polar surface area (TPSA) is 62.3 Å². The molecule has 5 heteroatoms. The van der Waals surface area contributed by atoms with Gasteiger partial charge in [-0.25, -0.2) is 0 Å². The summed E-state index contributed by atoms with van der Waals surface area (Å²) in [5.41, 5.74) is 7.03. The van der Waals surface area contributed by atoms with Crippen LogP contribution in [0.25, 0.3) is 0 Å². The Morgan fingerprint density at radius 3 is 2.94 bits per heavy atom. The van der Waals surface area contributed by atoms with Crippen LogP contribution >= 0.6 is 11.6 Å². The monoisotopic (exact) mass is 267 g/mol. The first kappa shape index (κ1) is 13.2. The van der Waals surface area contributed by atoms with E-state index in [1.807, 2.05) is 19.2 Å². The molecule has 2 rings (SSSR count). The SMILES string of the molecule is CN(CC1CCCO1)c1ccc(C(=N)N)c(Cl)c1. The summed E-state index contributed by atoms with van der Waals surface area (Å²) in [6, 6.07) is 5.55. The number of halogens is 1. The molecule has 1 aliphatic heterocycles. The van der Waals surface area contributed by atoms with Gasteiger partial charge in [-0.3, -0.25) is 5.41 Å². The minimum absolute atomic E-state index is 0.00618. The van der Waals surface area contributed by atoms with Crippen LogP contribution in [0.4, 0.5) is 5.69 Å². The molecule has 4 nitrogen and oxygen atoms in total. The van der Waals surface area contributed by atoms with Gasteiger partial charge in [0.2, 0.25) is 0 Å². The molecule has 0 bridgehead atoms. The fraction of sp³-hybridized carbons (Fsp3) is 0.462. The van der Waals surface area contributed by atoms with Crippen molar-refractivity contribution in [2.45, 2.75) is 18.9 Å². The van der Waals surface area contributed by atoms with E-state index in [1.54, 1.807) is 6.07 Å². The Morgan fingerprint density at radius 1 is 1.61 bits per heavy atom. The Morgan fingerprint density at radius 2 is 2.39 bits per heavy atom. The van der Waals surface area contributed by atoms with Gasteiger partial charge >= 0.3 is 0 Å². The molecule has 0 spiro atoms. The summed E-state index contributed by atoms with van der Waals surface area (Å²) in [5.74, 6) is -0.00618. The van der Waals surface area contributed by atoms with Crippen LogP contribution in [0.1, 0.15) is 18.4 Å². The third-order valence-electron chi connectivity index (χ3n) is 3.19. The average Bonchev–Trinajstić information content (AvgIpc) is 2.81. The lowest BCUT2D eigenvalue weighted by atomic mass is 10.1. The van der Waals surface area contributed by atoms with Crippen LogP contribution in [0.2, 0.25) is 5.02 Å². The Balaban J connectivity index is 2.08. The second-order valence-electron chi connectivity index (χ2n) is 4.59. The molecule has 98 valence electrons. The summed E-state index contributed by atoms with van der Waals surface area (Å²) in [7, 11) is 2.01. The van der Waals surface area contributed by atoms with Crippen molar-refractivity contribution in [3.05, 3.63) is 28.8 Å². The zero-order chi connectivity index (χ0) is 13.1. The van der Waals surface area contributed by atoms with Gasteiger partial charge in [0.15, 0.2) is 0 Å². The van der Waals surface area contributed by atoms with E-state index in [1.165, 1.54) is 0 Å². The summed E-state index contributed by atoms with van der Waals surface area (Å²) < 4.78 is 5.61. The maximum absolute atomic E-state index is 7.39. The lowest BCUT2D eigenvalue weighted by molar-refractivity contribution is 0.116. The maximum atomic E-state index is 7.39. The van der Waals surface area contributed by atoms with Crippen LogP contribution in [-0.4, -0.2) is 32.1 Å². The van der Waals surface area contributed by atoms with Gasteiger partial charge in [-0.1, -0.05) is 11.6 Å². The van der Waals surface area contributed by atoms with Gasteiger partial charge in [0.1, 0.15) is 5.84 Å². The van der Waals surface area contributed by atoms with E-state index in [0.29, 0.717) is 16.7 Å². The van der Waals surface area contributed by atoms with Gasteiger partial charge in [-0.05, 0) is 31.0 Å². The minimum Gasteiger partial charge on any atom is -0.384 e. The molecule has 1 aliphatic rings. The Kier molecular flexibility index (Phi) is 4.09. The summed E-state index contributed by atoms with van der Waals surface area (Å²) in [6.45, 7) is 1.72. The molecule has 1 unspecified atom stereocenters. The Labute approximate surface area is 112 Å². The molecule has 1 atom stereocenters. The summed E-state index contributed by atoms with van der Waals surface area (Å²) in [6.07, 6.45) is 2.56. The second kappa shape index (κ2) is 5.59. The average molecular weight is 268 g/mol. The van der Waals surface area contributed by atoms with Crippen LogP contribution in [-0.2, 0) is 4.74 Å². The predicted octanol–water partition coefficient (Wildman–Crippen LogP) is 2.24. The zero-order valence-corrected chi connectivity index (χ0v) is 11.2. The Bertz CT molecular complexity index is 444. The van der Waals surface area contributed by atoms with Crippen molar-refractivity contribution >= 4 is 23.1 Å².